The topological polar surface area (TPSA) is 32.6 Å². The second-order valence-electron chi connectivity index (χ2n) is 5.17. The van der Waals surface area contributed by atoms with Gasteiger partial charge in [-0.1, -0.05) is 28.9 Å². The van der Waals surface area contributed by atoms with E-state index in [-0.39, 0.29) is 0 Å². The van der Waals surface area contributed by atoms with E-state index >= 15 is 0 Å². The van der Waals surface area contributed by atoms with E-state index in [1.807, 2.05) is 0 Å². The fourth-order valence-electron chi connectivity index (χ4n) is 2.98. The zero-order chi connectivity index (χ0) is 12.7. The van der Waals surface area contributed by atoms with Crippen LogP contribution in [0, 0.1) is 13.8 Å². The van der Waals surface area contributed by atoms with Gasteiger partial charge in [0, 0.05) is 5.56 Å². The molecule has 0 aliphatic heterocycles. The fourth-order valence-corrected chi connectivity index (χ4v) is 2.98. The molecular weight excluding hydrogens is 222 g/mol. The minimum absolute atomic E-state index is 0.836. The Labute approximate surface area is 107 Å². The lowest BCUT2D eigenvalue weighted by atomic mass is 9.84. The predicted octanol–water partition coefficient (Wildman–Crippen LogP) is 3.97. The highest BCUT2D eigenvalue weighted by molar-refractivity contribution is 6.07. The number of fused-ring (bicyclic) bond motifs is 3. The van der Waals surface area contributed by atoms with E-state index in [1.165, 1.54) is 27.5 Å². The zero-order valence-corrected chi connectivity index (χ0v) is 10.8. The molecule has 0 radical (unpaired) electrons. The van der Waals surface area contributed by atoms with Gasteiger partial charge in [0.15, 0.2) is 0 Å². The van der Waals surface area contributed by atoms with Gasteiger partial charge in [0.2, 0.25) is 0 Å². The molecule has 92 valence electrons. The molecule has 2 heteroatoms. The largest absolute Gasteiger partial charge is 0.411 e. The van der Waals surface area contributed by atoms with Crippen LogP contribution in [0.15, 0.2) is 29.4 Å². The Kier molecular flexibility index (Phi) is 2.58. The van der Waals surface area contributed by atoms with E-state index in [2.05, 4.69) is 43.3 Å². The molecule has 0 spiro atoms. The lowest BCUT2D eigenvalue weighted by Crippen LogP contribution is -2.13. The Hall–Kier alpha value is -1.83. The second kappa shape index (κ2) is 4.13. The van der Waals surface area contributed by atoms with E-state index in [4.69, 9.17) is 5.21 Å². The summed E-state index contributed by atoms with van der Waals surface area (Å²) in [5.41, 5.74) is 5.86. The quantitative estimate of drug-likeness (QED) is 0.547. The number of oxime groups is 1. The van der Waals surface area contributed by atoms with Crippen molar-refractivity contribution in [1.29, 1.82) is 0 Å². The Bertz CT molecular complexity index is 656. The number of aryl methyl sites for hydroxylation is 3. The van der Waals surface area contributed by atoms with Crippen LogP contribution in [0.5, 0.6) is 0 Å². The van der Waals surface area contributed by atoms with Crippen molar-refractivity contribution in [3.05, 3.63) is 46.5 Å². The molecule has 2 nitrogen and oxygen atoms in total. The van der Waals surface area contributed by atoms with Crippen molar-refractivity contribution in [1.82, 2.24) is 0 Å². The molecule has 3 rings (SSSR count). The molecule has 18 heavy (non-hydrogen) atoms. The van der Waals surface area contributed by atoms with E-state index in [1.54, 1.807) is 0 Å². The summed E-state index contributed by atoms with van der Waals surface area (Å²) in [5.74, 6) is 0. The number of hydrogen-bond donors (Lipinski definition) is 1. The van der Waals surface area contributed by atoms with E-state index in [0.717, 1.165) is 30.5 Å². The first-order valence-corrected chi connectivity index (χ1v) is 6.45. The molecule has 1 aliphatic rings. The Morgan fingerprint density at radius 1 is 1.06 bits per heavy atom. The van der Waals surface area contributed by atoms with Crippen molar-refractivity contribution in [2.45, 2.75) is 33.1 Å². The molecule has 0 fully saturated rings. The Balaban J connectivity index is 2.41. The number of nitrogens with zero attached hydrogens (tertiary/aromatic N) is 1. The highest BCUT2D eigenvalue weighted by Crippen LogP contribution is 2.32. The van der Waals surface area contributed by atoms with Crippen LogP contribution in [-0.4, -0.2) is 10.9 Å². The molecule has 0 saturated heterocycles. The first-order chi connectivity index (χ1) is 8.70. The lowest BCUT2D eigenvalue weighted by molar-refractivity contribution is 0.317. The third kappa shape index (κ3) is 1.60. The van der Waals surface area contributed by atoms with Gasteiger partial charge in [-0.25, -0.2) is 0 Å². The standard InChI is InChI=1S/C16H17NO/c1-10-6-7-12-11(2)9-15-13(14(12)8-10)4-3-5-16(15)17-18/h6-9,18H,3-5H2,1-2H3. The van der Waals surface area contributed by atoms with Crippen LogP contribution >= 0.6 is 0 Å². The normalized spacial score (nSPS) is 17.1. The molecule has 0 saturated carbocycles. The van der Waals surface area contributed by atoms with Gasteiger partial charge in [-0.05, 0) is 61.1 Å². The number of benzene rings is 2. The summed E-state index contributed by atoms with van der Waals surface area (Å²) in [6.07, 6.45) is 3.02. The van der Waals surface area contributed by atoms with Gasteiger partial charge in [-0.2, -0.15) is 0 Å². The maximum atomic E-state index is 9.14. The van der Waals surface area contributed by atoms with Crippen LogP contribution in [0.25, 0.3) is 10.8 Å². The van der Waals surface area contributed by atoms with Gasteiger partial charge in [0.1, 0.15) is 0 Å². The summed E-state index contributed by atoms with van der Waals surface area (Å²) in [4.78, 5) is 0. The Morgan fingerprint density at radius 3 is 2.67 bits per heavy atom. The predicted molar refractivity (Wildman–Crippen MR) is 74.7 cm³/mol. The molecule has 0 amide bonds. The van der Waals surface area contributed by atoms with E-state index in [0.29, 0.717) is 0 Å². The van der Waals surface area contributed by atoms with Crippen molar-refractivity contribution in [2.75, 3.05) is 0 Å². The fraction of sp³-hybridized carbons (Fsp3) is 0.312. The summed E-state index contributed by atoms with van der Waals surface area (Å²) >= 11 is 0. The summed E-state index contributed by atoms with van der Waals surface area (Å²) in [6.45, 7) is 4.25. The molecule has 0 bridgehead atoms. The highest BCUT2D eigenvalue weighted by Gasteiger charge is 2.19. The van der Waals surface area contributed by atoms with Gasteiger partial charge in [0.25, 0.3) is 0 Å². The third-order valence-electron chi connectivity index (χ3n) is 3.88. The van der Waals surface area contributed by atoms with Crippen molar-refractivity contribution in [3.8, 4) is 0 Å². The van der Waals surface area contributed by atoms with Crippen LogP contribution in [0.4, 0.5) is 0 Å². The molecule has 0 atom stereocenters. The third-order valence-corrected chi connectivity index (χ3v) is 3.88. The van der Waals surface area contributed by atoms with Crippen LogP contribution in [-0.2, 0) is 6.42 Å². The zero-order valence-electron chi connectivity index (χ0n) is 10.8. The lowest BCUT2D eigenvalue weighted by Gasteiger charge is -2.20. The smallest absolute Gasteiger partial charge is 0.0871 e. The summed E-state index contributed by atoms with van der Waals surface area (Å²) in [7, 11) is 0. The molecule has 1 N–H and O–H groups in total. The molecule has 2 aromatic rings. The average Bonchev–Trinajstić information content (AvgIpc) is 2.38. The molecule has 1 aliphatic carbocycles. The molecule has 2 aromatic carbocycles. The average molecular weight is 239 g/mol. The Morgan fingerprint density at radius 2 is 1.89 bits per heavy atom. The van der Waals surface area contributed by atoms with Gasteiger partial charge in [-0.15, -0.1) is 0 Å². The minimum atomic E-state index is 0.836. The monoisotopic (exact) mass is 239 g/mol. The summed E-state index contributed by atoms with van der Waals surface area (Å²) in [5, 5.41) is 15.3. The van der Waals surface area contributed by atoms with Crippen molar-refractivity contribution < 1.29 is 5.21 Å². The maximum absolute atomic E-state index is 9.14. The van der Waals surface area contributed by atoms with Crippen LogP contribution in [0.2, 0.25) is 0 Å². The summed E-state index contributed by atoms with van der Waals surface area (Å²) in [6, 6.07) is 8.78. The van der Waals surface area contributed by atoms with Crippen molar-refractivity contribution >= 4 is 16.5 Å². The number of rotatable bonds is 0. The van der Waals surface area contributed by atoms with Crippen LogP contribution < -0.4 is 0 Å². The van der Waals surface area contributed by atoms with Crippen LogP contribution in [0.3, 0.4) is 0 Å². The molecular formula is C16H17NO. The van der Waals surface area contributed by atoms with Crippen LogP contribution in [0.1, 0.15) is 35.1 Å². The summed E-state index contributed by atoms with van der Waals surface area (Å²) < 4.78 is 0. The molecule has 0 aromatic heterocycles. The minimum Gasteiger partial charge on any atom is -0.411 e. The maximum Gasteiger partial charge on any atom is 0.0871 e. The van der Waals surface area contributed by atoms with Gasteiger partial charge >= 0.3 is 0 Å². The molecule has 0 unspecified atom stereocenters. The molecule has 0 heterocycles. The van der Waals surface area contributed by atoms with Gasteiger partial charge in [-0.3, -0.25) is 0 Å². The van der Waals surface area contributed by atoms with Gasteiger partial charge in [0.05, 0.1) is 5.71 Å². The van der Waals surface area contributed by atoms with Gasteiger partial charge < -0.3 is 5.21 Å². The SMILES string of the molecule is Cc1ccc2c(C)cc3c(c2c1)CCCC3=NO. The highest BCUT2D eigenvalue weighted by atomic mass is 16.4. The second-order valence-corrected chi connectivity index (χ2v) is 5.17. The van der Waals surface area contributed by atoms with Crippen molar-refractivity contribution in [2.24, 2.45) is 5.16 Å². The first-order valence-electron chi connectivity index (χ1n) is 6.45. The van der Waals surface area contributed by atoms with Crippen molar-refractivity contribution in [3.63, 3.8) is 0 Å². The first kappa shape index (κ1) is 11.3. The van der Waals surface area contributed by atoms with E-state index < -0.39 is 0 Å². The number of hydrogen-bond acceptors (Lipinski definition) is 2. The van der Waals surface area contributed by atoms with E-state index in [9.17, 15) is 0 Å².